The molecule has 2 fully saturated rings. The molecule has 3 rings (SSSR count). The number of nitrogens with zero attached hydrogens (tertiary/aromatic N) is 3. The molecule has 1 aromatic heterocycles. The number of aromatic nitrogens is 2. The Morgan fingerprint density at radius 1 is 1.39 bits per heavy atom. The summed E-state index contributed by atoms with van der Waals surface area (Å²) in [4.78, 5) is 18.1. The maximum Gasteiger partial charge on any atom is 0.260 e. The van der Waals surface area contributed by atoms with Gasteiger partial charge in [0.1, 0.15) is 0 Å². The molecule has 1 aromatic rings. The summed E-state index contributed by atoms with van der Waals surface area (Å²) < 4.78 is 28.1. The zero-order chi connectivity index (χ0) is 15.7. The number of fused-ring (bicyclic) bond motifs is 2. The van der Waals surface area contributed by atoms with Crippen LogP contribution in [0.5, 0.6) is 0 Å². The van der Waals surface area contributed by atoms with Gasteiger partial charge in [0.25, 0.3) is 10.0 Å². The number of sulfonamides is 1. The number of hydrogen-bond acceptors (Lipinski definition) is 5. The first-order valence-corrected chi connectivity index (χ1v) is 8.95. The molecule has 2 aliphatic rings. The molecule has 0 aromatic carbocycles. The Morgan fingerprint density at radius 2 is 2.13 bits per heavy atom. The smallest absolute Gasteiger partial charge is 0.260 e. The Hall–Kier alpha value is -1.16. The van der Waals surface area contributed by atoms with E-state index in [4.69, 9.17) is 0 Å². The topological polar surface area (TPSA) is 96.3 Å². The normalized spacial score (nSPS) is 24.1. The van der Waals surface area contributed by atoms with Crippen molar-refractivity contribution in [3.63, 3.8) is 0 Å². The number of halogens is 1. The average molecular weight is 364 g/mol. The maximum absolute atomic E-state index is 12.4. The molecule has 2 unspecified atom stereocenters. The zero-order valence-corrected chi connectivity index (χ0v) is 14.6. The molecule has 10 heteroatoms. The van der Waals surface area contributed by atoms with E-state index in [-0.39, 0.29) is 42.0 Å². The fourth-order valence-electron chi connectivity index (χ4n) is 3.24. The first-order chi connectivity index (χ1) is 10.5. The molecule has 2 N–H and O–H groups in total. The third-order valence-electron chi connectivity index (χ3n) is 4.31. The van der Waals surface area contributed by atoms with Crippen molar-refractivity contribution in [3.05, 3.63) is 12.5 Å². The molecule has 0 radical (unpaired) electrons. The number of rotatable bonds is 4. The summed E-state index contributed by atoms with van der Waals surface area (Å²) in [5.74, 6) is -0.157. The van der Waals surface area contributed by atoms with Crippen molar-refractivity contribution in [3.8, 4) is 0 Å². The Morgan fingerprint density at radius 3 is 2.83 bits per heavy atom. The quantitative estimate of drug-likeness (QED) is 0.750. The van der Waals surface area contributed by atoms with Crippen LogP contribution in [0.15, 0.2) is 17.6 Å². The number of carbonyl (C=O) groups excluding carboxylic acids is 1. The van der Waals surface area contributed by atoms with Crippen molar-refractivity contribution in [2.45, 2.75) is 36.4 Å². The highest BCUT2D eigenvalue weighted by molar-refractivity contribution is 7.89. The molecule has 23 heavy (non-hydrogen) atoms. The molecule has 1 amide bonds. The van der Waals surface area contributed by atoms with Gasteiger partial charge in [-0.25, -0.2) is 18.1 Å². The summed E-state index contributed by atoms with van der Waals surface area (Å²) in [7, 11) is -2.05. The van der Waals surface area contributed by atoms with Crippen LogP contribution in [0, 0.1) is 0 Å². The van der Waals surface area contributed by atoms with E-state index in [9.17, 15) is 13.2 Å². The van der Waals surface area contributed by atoms with Crippen LogP contribution in [0.3, 0.4) is 0 Å². The van der Waals surface area contributed by atoms with Crippen LogP contribution in [0.2, 0.25) is 0 Å². The second-order valence-electron chi connectivity index (χ2n) is 5.88. The van der Waals surface area contributed by atoms with Crippen molar-refractivity contribution in [2.75, 3.05) is 19.6 Å². The van der Waals surface area contributed by atoms with Gasteiger partial charge in [-0.2, -0.15) is 0 Å². The lowest BCUT2D eigenvalue weighted by molar-refractivity contribution is -0.132. The lowest BCUT2D eigenvalue weighted by Crippen LogP contribution is -2.47. The van der Waals surface area contributed by atoms with Crippen molar-refractivity contribution < 1.29 is 13.2 Å². The van der Waals surface area contributed by atoms with Crippen molar-refractivity contribution in [1.29, 1.82) is 0 Å². The molecule has 0 aliphatic carbocycles. The lowest BCUT2D eigenvalue weighted by Gasteiger charge is -2.27. The van der Waals surface area contributed by atoms with Gasteiger partial charge in [-0.3, -0.25) is 4.79 Å². The standard InChI is InChI=1S/C13H21N5O3S.ClH/c1-17-8-12(15-9-17)22(20,21)16-7-13(19)18-10-2-3-11(18)6-14-5-4-10;/h8-11,14,16H,2-7H2,1H3;1H. The summed E-state index contributed by atoms with van der Waals surface area (Å²) in [6.07, 6.45) is 5.74. The predicted molar refractivity (Wildman–Crippen MR) is 86.8 cm³/mol. The van der Waals surface area contributed by atoms with E-state index >= 15 is 0 Å². The van der Waals surface area contributed by atoms with Gasteiger partial charge >= 0.3 is 0 Å². The highest BCUT2D eigenvalue weighted by Crippen LogP contribution is 2.27. The first-order valence-electron chi connectivity index (χ1n) is 7.47. The summed E-state index contributed by atoms with van der Waals surface area (Å²) in [6.45, 7) is 1.48. The van der Waals surface area contributed by atoms with E-state index in [0.29, 0.717) is 0 Å². The number of amides is 1. The molecule has 2 bridgehead atoms. The largest absolute Gasteiger partial charge is 0.339 e. The van der Waals surface area contributed by atoms with E-state index in [1.807, 2.05) is 4.90 Å². The number of aryl methyl sites for hydroxylation is 1. The van der Waals surface area contributed by atoms with E-state index < -0.39 is 10.0 Å². The lowest BCUT2D eigenvalue weighted by atomic mass is 10.1. The molecule has 0 spiro atoms. The van der Waals surface area contributed by atoms with E-state index in [1.165, 1.54) is 12.5 Å². The monoisotopic (exact) mass is 363 g/mol. The Labute approximate surface area is 142 Å². The summed E-state index contributed by atoms with van der Waals surface area (Å²) >= 11 is 0. The van der Waals surface area contributed by atoms with Gasteiger partial charge in [0, 0.05) is 31.9 Å². The van der Waals surface area contributed by atoms with Gasteiger partial charge in [-0.1, -0.05) is 0 Å². The summed E-state index contributed by atoms with van der Waals surface area (Å²) in [5, 5.41) is 3.25. The number of hydrogen-bond donors (Lipinski definition) is 2. The van der Waals surface area contributed by atoms with Crippen LogP contribution in [0.25, 0.3) is 0 Å². The molecular formula is C13H22ClN5O3S. The molecular weight excluding hydrogens is 342 g/mol. The van der Waals surface area contributed by atoms with Crippen molar-refractivity contribution in [1.82, 2.24) is 24.5 Å². The Balaban J connectivity index is 0.00000192. The molecule has 2 saturated heterocycles. The van der Waals surface area contributed by atoms with Gasteiger partial charge in [0.05, 0.1) is 12.9 Å². The Bertz CT molecular complexity index is 648. The van der Waals surface area contributed by atoms with Gasteiger partial charge in [0.2, 0.25) is 5.91 Å². The molecule has 0 saturated carbocycles. The maximum atomic E-state index is 12.4. The molecule has 130 valence electrons. The second kappa shape index (κ2) is 7.16. The van der Waals surface area contributed by atoms with Gasteiger partial charge < -0.3 is 14.8 Å². The SMILES string of the molecule is Cl.Cn1cnc(S(=O)(=O)NCC(=O)N2C3CCNCC2CC3)c1. The number of imidazole rings is 1. The fourth-order valence-corrected chi connectivity index (χ4v) is 4.19. The molecule has 2 aliphatic heterocycles. The Kier molecular flexibility index (Phi) is 5.66. The van der Waals surface area contributed by atoms with Crippen LogP contribution in [-0.4, -0.2) is 60.5 Å². The van der Waals surface area contributed by atoms with E-state index in [1.54, 1.807) is 11.6 Å². The van der Waals surface area contributed by atoms with Crippen LogP contribution >= 0.6 is 12.4 Å². The predicted octanol–water partition coefficient (Wildman–Crippen LogP) is -0.527. The van der Waals surface area contributed by atoms with Crippen molar-refractivity contribution >= 4 is 28.3 Å². The first kappa shape index (κ1) is 18.2. The van der Waals surface area contributed by atoms with Crippen molar-refractivity contribution in [2.24, 2.45) is 7.05 Å². The highest BCUT2D eigenvalue weighted by Gasteiger charge is 2.38. The minimum absolute atomic E-state index is 0. The number of carbonyl (C=O) groups is 1. The third kappa shape index (κ3) is 3.85. The fraction of sp³-hybridized carbons (Fsp3) is 0.692. The third-order valence-corrected chi connectivity index (χ3v) is 5.60. The highest BCUT2D eigenvalue weighted by atomic mass is 35.5. The molecule has 8 nitrogen and oxygen atoms in total. The van der Waals surface area contributed by atoms with Crippen LogP contribution < -0.4 is 10.0 Å². The van der Waals surface area contributed by atoms with E-state index in [0.717, 1.165) is 32.4 Å². The minimum Gasteiger partial charge on any atom is -0.339 e. The van der Waals surface area contributed by atoms with Gasteiger partial charge in [-0.15, -0.1) is 12.4 Å². The molecule has 2 atom stereocenters. The van der Waals surface area contributed by atoms with Crippen LogP contribution in [-0.2, 0) is 21.9 Å². The van der Waals surface area contributed by atoms with Crippen LogP contribution in [0.1, 0.15) is 19.3 Å². The van der Waals surface area contributed by atoms with E-state index in [2.05, 4.69) is 15.0 Å². The van der Waals surface area contributed by atoms with Crippen LogP contribution in [0.4, 0.5) is 0 Å². The summed E-state index contributed by atoms with van der Waals surface area (Å²) in [6, 6.07) is 0.409. The van der Waals surface area contributed by atoms with Gasteiger partial charge in [-0.05, 0) is 25.8 Å². The zero-order valence-electron chi connectivity index (χ0n) is 12.9. The van der Waals surface area contributed by atoms with Gasteiger partial charge in [0.15, 0.2) is 5.03 Å². The minimum atomic E-state index is -3.74. The second-order valence-corrected chi connectivity index (χ2v) is 7.59. The summed E-state index contributed by atoms with van der Waals surface area (Å²) in [5.41, 5.74) is 0. The number of nitrogens with one attached hydrogen (secondary N) is 2. The molecule has 3 heterocycles. The average Bonchev–Trinajstić information content (AvgIpc) is 2.99.